The molecule has 0 spiro atoms. The molecule has 1 aliphatic carbocycles. The van der Waals surface area contributed by atoms with Gasteiger partial charge in [-0.05, 0) is 55.2 Å². The van der Waals surface area contributed by atoms with E-state index < -0.39 is 0 Å². The molecule has 0 radical (unpaired) electrons. The van der Waals surface area contributed by atoms with E-state index in [1.54, 1.807) is 4.68 Å². The van der Waals surface area contributed by atoms with Gasteiger partial charge in [0, 0.05) is 6.04 Å². The Labute approximate surface area is 152 Å². The SMILES string of the molecule is Cc1ccc(-n2nnnc2S[C@H](C)C(=O)N[C@H]2CCCC[C@@H]2C)cc1. The number of aryl methyl sites for hydroxylation is 1. The van der Waals surface area contributed by atoms with Crippen molar-refractivity contribution in [3.05, 3.63) is 29.8 Å². The Morgan fingerprint density at radius 2 is 2.00 bits per heavy atom. The van der Waals surface area contributed by atoms with Crippen molar-refractivity contribution < 1.29 is 4.79 Å². The zero-order valence-corrected chi connectivity index (χ0v) is 15.8. The van der Waals surface area contributed by atoms with Crippen LogP contribution >= 0.6 is 11.8 Å². The molecule has 6 nitrogen and oxygen atoms in total. The number of carbonyl (C=O) groups excluding carboxylic acids is 1. The van der Waals surface area contributed by atoms with Crippen LogP contribution in [-0.2, 0) is 4.79 Å². The third-order valence-corrected chi connectivity index (χ3v) is 5.84. The second-order valence-electron chi connectivity index (χ2n) is 6.85. The van der Waals surface area contributed by atoms with E-state index in [0.717, 1.165) is 12.1 Å². The van der Waals surface area contributed by atoms with Crippen LogP contribution in [0.1, 0.15) is 45.1 Å². The number of carbonyl (C=O) groups is 1. The quantitative estimate of drug-likeness (QED) is 0.830. The summed E-state index contributed by atoms with van der Waals surface area (Å²) in [7, 11) is 0. The van der Waals surface area contributed by atoms with Gasteiger partial charge in [0.25, 0.3) is 0 Å². The van der Waals surface area contributed by atoms with Crippen LogP contribution < -0.4 is 5.32 Å². The molecule has 3 rings (SSSR count). The minimum absolute atomic E-state index is 0.0576. The largest absolute Gasteiger partial charge is 0.352 e. The van der Waals surface area contributed by atoms with E-state index in [1.165, 1.54) is 36.6 Å². The Hall–Kier alpha value is -1.89. The molecular formula is C18H25N5OS. The predicted molar refractivity (Wildman–Crippen MR) is 98.8 cm³/mol. The van der Waals surface area contributed by atoms with Gasteiger partial charge in [-0.15, -0.1) is 5.10 Å². The van der Waals surface area contributed by atoms with Crippen LogP contribution in [-0.4, -0.2) is 37.4 Å². The molecule has 1 aromatic heterocycles. The van der Waals surface area contributed by atoms with Gasteiger partial charge in [-0.1, -0.05) is 49.2 Å². The molecule has 1 aliphatic rings. The van der Waals surface area contributed by atoms with E-state index in [2.05, 4.69) is 27.8 Å². The summed E-state index contributed by atoms with van der Waals surface area (Å²) in [5.74, 6) is 0.606. The van der Waals surface area contributed by atoms with Crippen molar-refractivity contribution in [1.82, 2.24) is 25.5 Å². The fraction of sp³-hybridized carbons (Fsp3) is 0.556. The van der Waals surface area contributed by atoms with Crippen LogP contribution in [0.2, 0.25) is 0 Å². The summed E-state index contributed by atoms with van der Waals surface area (Å²) < 4.78 is 1.68. The Balaban J connectivity index is 1.65. The lowest BCUT2D eigenvalue weighted by atomic mass is 9.86. The molecule has 0 aliphatic heterocycles. The first-order valence-electron chi connectivity index (χ1n) is 8.87. The molecule has 2 aromatic rings. The van der Waals surface area contributed by atoms with Crippen molar-refractivity contribution in [1.29, 1.82) is 0 Å². The highest BCUT2D eigenvalue weighted by Crippen LogP contribution is 2.26. The van der Waals surface area contributed by atoms with Crippen LogP contribution in [0.5, 0.6) is 0 Å². The first-order chi connectivity index (χ1) is 12.0. The summed E-state index contributed by atoms with van der Waals surface area (Å²) in [5, 5.41) is 15.5. The molecule has 3 atom stereocenters. The number of rotatable bonds is 5. The summed E-state index contributed by atoms with van der Waals surface area (Å²) >= 11 is 1.39. The second kappa shape index (κ2) is 7.99. The molecule has 1 fully saturated rings. The minimum Gasteiger partial charge on any atom is -0.352 e. The maximum absolute atomic E-state index is 12.6. The molecular weight excluding hydrogens is 334 g/mol. The standard InChI is InChI=1S/C18H25N5OS/c1-12-8-10-15(11-9-12)23-18(20-21-22-23)25-14(3)17(24)19-16-7-5-4-6-13(16)2/h8-11,13-14,16H,4-7H2,1-3H3,(H,19,24)/t13-,14+,16-/m0/s1. The van der Waals surface area contributed by atoms with Gasteiger partial charge in [-0.2, -0.15) is 4.68 Å². The smallest absolute Gasteiger partial charge is 0.233 e. The van der Waals surface area contributed by atoms with E-state index in [0.29, 0.717) is 11.1 Å². The molecule has 0 saturated heterocycles. The van der Waals surface area contributed by atoms with Gasteiger partial charge in [-0.25, -0.2) is 0 Å². The van der Waals surface area contributed by atoms with Gasteiger partial charge in [-0.3, -0.25) is 4.79 Å². The van der Waals surface area contributed by atoms with Crippen LogP contribution in [0.4, 0.5) is 0 Å². The summed E-state index contributed by atoms with van der Waals surface area (Å²) in [6.45, 7) is 6.17. The Bertz CT molecular complexity index is 715. The van der Waals surface area contributed by atoms with Gasteiger partial charge >= 0.3 is 0 Å². The lowest BCUT2D eigenvalue weighted by Crippen LogP contribution is -2.44. The average molecular weight is 359 g/mol. The number of hydrogen-bond donors (Lipinski definition) is 1. The molecule has 134 valence electrons. The topological polar surface area (TPSA) is 72.7 Å². The molecule has 25 heavy (non-hydrogen) atoms. The van der Waals surface area contributed by atoms with Crippen LogP contribution in [0.25, 0.3) is 5.69 Å². The minimum atomic E-state index is -0.246. The van der Waals surface area contributed by atoms with Crippen LogP contribution in [0, 0.1) is 12.8 Å². The van der Waals surface area contributed by atoms with Crippen molar-refractivity contribution in [2.24, 2.45) is 5.92 Å². The van der Waals surface area contributed by atoms with E-state index in [4.69, 9.17) is 0 Å². The number of tetrazole rings is 1. The Morgan fingerprint density at radius 3 is 2.72 bits per heavy atom. The average Bonchev–Trinajstić information content (AvgIpc) is 3.05. The lowest BCUT2D eigenvalue weighted by Gasteiger charge is -2.30. The maximum atomic E-state index is 12.6. The third-order valence-electron chi connectivity index (χ3n) is 4.81. The molecule has 0 unspecified atom stereocenters. The Morgan fingerprint density at radius 1 is 1.28 bits per heavy atom. The zero-order chi connectivity index (χ0) is 17.8. The number of nitrogens with zero attached hydrogens (tertiary/aromatic N) is 4. The maximum Gasteiger partial charge on any atom is 0.233 e. The Kier molecular flexibility index (Phi) is 5.73. The first-order valence-corrected chi connectivity index (χ1v) is 9.75. The summed E-state index contributed by atoms with van der Waals surface area (Å²) in [6.07, 6.45) is 4.73. The zero-order valence-electron chi connectivity index (χ0n) is 15.0. The number of amides is 1. The van der Waals surface area contributed by atoms with E-state index in [9.17, 15) is 4.79 Å². The summed E-state index contributed by atoms with van der Waals surface area (Å²) in [6, 6.07) is 8.28. The van der Waals surface area contributed by atoms with Gasteiger partial charge < -0.3 is 5.32 Å². The molecule has 0 bridgehead atoms. The molecule has 7 heteroatoms. The fourth-order valence-electron chi connectivity index (χ4n) is 3.14. The van der Waals surface area contributed by atoms with Crippen LogP contribution in [0.15, 0.2) is 29.4 Å². The van der Waals surface area contributed by atoms with Gasteiger partial charge in [0.15, 0.2) is 0 Å². The molecule has 1 amide bonds. The number of hydrogen-bond acceptors (Lipinski definition) is 5. The van der Waals surface area contributed by atoms with Crippen molar-refractivity contribution in [3.63, 3.8) is 0 Å². The highest BCUT2D eigenvalue weighted by Gasteiger charge is 2.26. The highest BCUT2D eigenvalue weighted by molar-refractivity contribution is 8.00. The van der Waals surface area contributed by atoms with Gasteiger partial charge in [0.1, 0.15) is 0 Å². The van der Waals surface area contributed by atoms with E-state index >= 15 is 0 Å². The summed E-state index contributed by atoms with van der Waals surface area (Å²) in [4.78, 5) is 12.6. The molecule has 1 N–H and O–H groups in total. The van der Waals surface area contributed by atoms with E-state index in [-0.39, 0.29) is 17.2 Å². The second-order valence-corrected chi connectivity index (χ2v) is 8.15. The fourth-order valence-corrected chi connectivity index (χ4v) is 3.96. The normalized spacial score (nSPS) is 21.7. The first kappa shape index (κ1) is 17.9. The van der Waals surface area contributed by atoms with Crippen molar-refractivity contribution in [2.45, 2.75) is 62.9 Å². The van der Waals surface area contributed by atoms with E-state index in [1.807, 2.05) is 38.1 Å². The molecule has 1 aromatic carbocycles. The highest BCUT2D eigenvalue weighted by atomic mass is 32.2. The molecule has 1 heterocycles. The van der Waals surface area contributed by atoms with Crippen molar-refractivity contribution in [2.75, 3.05) is 0 Å². The predicted octanol–water partition coefficient (Wildman–Crippen LogP) is 3.15. The number of aromatic nitrogens is 4. The molecule has 1 saturated carbocycles. The monoisotopic (exact) mass is 359 g/mol. The lowest BCUT2D eigenvalue weighted by molar-refractivity contribution is -0.121. The number of nitrogens with one attached hydrogen (secondary N) is 1. The van der Waals surface area contributed by atoms with Crippen molar-refractivity contribution in [3.8, 4) is 5.69 Å². The number of thioether (sulfide) groups is 1. The van der Waals surface area contributed by atoms with Gasteiger partial charge in [0.05, 0.1) is 10.9 Å². The third kappa shape index (κ3) is 4.39. The summed E-state index contributed by atoms with van der Waals surface area (Å²) in [5.41, 5.74) is 2.08. The number of benzene rings is 1. The van der Waals surface area contributed by atoms with Crippen LogP contribution in [0.3, 0.4) is 0 Å². The van der Waals surface area contributed by atoms with Crippen molar-refractivity contribution >= 4 is 17.7 Å². The van der Waals surface area contributed by atoms with Gasteiger partial charge in [0.2, 0.25) is 11.1 Å².